The van der Waals surface area contributed by atoms with Crippen molar-refractivity contribution < 1.29 is 29.9 Å². The topological polar surface area (TPSA) is 93.1 Å². The highest BCUT2D eigenvalue weighted by atomic mass is 32.2. The number of benzene rings is 2. The second kappa shape index (κ2) is 7.60. The highest BCUT2D eigenvalue weighted by molar-refractivity contribution is 8.00. The van der Waals surface area contributed by atoms with Crippen molar-refractivity contribution in [1.82, 2.24) is 0 Å². The largest absolute Gasteiger partial charge is 0.478 e. The van der Waals surface area contributed by atoms with Gasteiger partial charge in [-0.05, 0) is 29.3 Å². The number of carboxylic acids is 1. The molecule has 114 valence electrons. The molecule has 0 aliphatic carbocycles. The standard InChI is InChI=1S/C15H12O6S/c16-12(10-5-7-11(8-6-10)15(17)18)9-22-14-4-2-1-3-13(14)20-21-19/h1-8,19H,9H2,(H,17,18). The third-order valence-electron chi connectivity index (χ3n) is 2.79. The smallest absolute Gasteiger partial charge is 0.335 e. The number of para-hydroxylation sites is 1. The van der Waals surface area contributed by atoms with Crippen LogP contribution in [0, 0.1) is 0 Å². The number of carbonyl (C=O) groups is 2. The lowest BCUT2D eigenvalue weighted by molar-refractivity contribution is -0.439. The van der Waals surface area contributed by atoms with Crippen LogP contribution in [-0.2, 0) is 5.04 Å². The van der Waals surface area contributed by atoms with Crippen molar-refractivity contribution in [3.8, 4) is 5.75 Å². The Morgan fingerprint density at radius 2 is 1.64 bits per heavy atom. The first kappa shape index (κ1) is 16.0. The Balaban J connectivity index is 2.02. The van der Waals surface area contributed by atoms with E-state index in [0.717, 1.165) is 0 Å². The van der Waals surface area contributed by atoms with E-state index in [9.17, 15) is 9.59 Å². The van der Waals surface area contributed by atoms with Crippen molar-refractivity contribution in [2.45, 2.75) is 4.90 Å². The lowest BCUT2D eigenvalue weighted by Crippen LogP contribution is -2.04. The summed E-state index contributed by atoms with van der Waals surface area (Å²) in [5.41, 5.74) is 0.553. The van der Waals surface area contributed by atoms with E-state index in [0.29, 0.717) is 16.2 Å². The van der Waals surface area contributed by atoms with Crippen LogP contribution in [0.1, 0.15) is 20.7 Å². The van der Waals surface area contributed by atoms with E-state index in [1.165, 1.54) is 36.0 Å². The maximum absolute atomic E-state index is 12.1. The van der Waals surface area contributed by atoms with E-state index < -0.39 is 5.97 Å². The minimum absolute atomic E-state index is 0.128. The summed E-state index contributed by atoms with van der Waals surface area (Å²) in [6.45, 7) is 0. The predicted molar refractivity (Wildman–Crippen MR) is 79.2 cm³/mol. The molecule has 2 aromatic carbocycles. The average molecular weight is 320 g/mol. The van der Waals surface area contributed by atoms with Gasteiger partial charge < -0.3 is 9.99 Å². The van der Waals surface area contributed by atoms with Gasteiger partial charge in [-0.1, -0.05) is 24.3 Å². The third-order valence-corrected chi connectivity index (χ3v) is 3.84. The van der Waals surface area contributed by atoms with Gasteiger partial charge in [-0.3, -0.25) is 4.79 Å². The fourth-order valence-electron chi connectivity index (χ4n) is 1.70. The van der Waals surface area contributed by atoms with E-state index in [1.54, 1.807) is 24.3 Å². The quantitative estimate of drug-likeness (QED) is 0.350. The van der Waals surface area contributed by atoms with Crippen LogP contribution in [0.2, 0.25) is 0 Å². The molecule has 2 N–H and O–H groups in total. The van der Waals surface area contributed by atoms with Crippen LogP contribution in [0.4, 0.5) is 0 Å². The highest BCUT2D eigenvalue weighted by Crippen LogP contribution is 2.29. The SMILES string of the molecule is O=C(O)c1ccc(C(=O)CSc2ccccc2OOO)cc1. The number of aromatic carboxylic acids is 1. The number of rotatable bonds is 7. The molecule has 0 unspecified atom stereocenters. The van der Waals surface area contributed by atoms with Crippen LogP contribution in [0.3, 0.4) is 0 Å². The monoisotopic (exact) mass is 320 g/mol. The van der Waals surface area contributed by atoms with E-state index in [-0.39, 0.29) is 17.1 Å². The van der Waals surface area contributed by atoms with Crippen molar-refractivity contribution in [2.24, 2.45) is 0 Å². The molecular weight excluding hydrogens is 308 g/mol. The number of ketones is 1. The molecule has 0 aliphatic heterocycles. The number of thioether (sulfide) groups is 1. The van der Waals surface area contributed by atoms with Gasteiger partial charge in [0.05, 0.1) is 16.2 Å². The predicted octanol–water partition coefficient (Wildman–Crippen LogP) is 3.14. The molecule has 0 spiro atoms. The Morgan fingerprint density at radius 1 is 1.00 bits per heavy atom. The molecule has 2 rings (SSSR count). The van der Waals surface area contributed by atoms with Gasteiger partial charge in [0.15, 0.2) is 11.5 Å². The Kier molecular flexibility index (Phi) is 5.54. The number of hydrogen-bond acceptors (Lipinski definition) is 6. The number of hydrogen-bond donors (Lipinski definition) is 2. The van der Waals surface area contributed by atoms with Gasteiger partial charge in [0.25, 0.3) is 0 Å². The molecule has 0 aliphatic rings. The molecule has 0 amide bonds. The molecular formula is C15H12O6S. The van der Waals surface area contributed by atoms with Crippen LogP contribution in [0.15, 0.2) is 53.4 Å². The van der Waals surface area contributed by atoms with Crippen LogP contribution in [-0.4, -0.2) is 27.9 Å². The molecule has 7 heteroatoms. The van der Waals surface area contributed by atoms with Gasteiger partial charge in [-0.2, -0.15) is 0 Å². The first-order chi connectivity index (χ1) is 10.6. The summed E-state index contributed by atoms with van der Waals surface area (Å²) in [5.74, 6) is -0.757. The normalized spacial score (nSPS) is 10.2. The molecule has 0 fully saturated rings. The Bertz CT molecular complexity index is 668. The van der Waals surface area contributed by atoms with Crippen molar-refractivity contribution in [3.05, 3.63) is 59.7 Å². The summed E-state index contributed by atoms with van der Waals surface area (Å²) in [6, 6.07) is 12.5. The minimum atomic E-state index is -1.04. The van der Waals surface area contributed by atoms with Gasteiger partial charge in [0, 0.05) is 5.56 Å². The maximum atomic E-state index is 12.1. The van der Waals surface area contributed by atoms with E-state index in [1.807, 2.05) is 0 Å². The fourth-order valence-corrected chi connectivity index (χ4v) is 2.58. The van der Waals surface area contributed by atoms with Gasteiger partial charge >= 0.3 is 5.97 Å². The maximum Gasteiger partial charge on any atom is 0.335 e. The molecule has 0 atom stereocenters. The molecule has 0 bridgehead atoms. The number of carbonyl (C=O) groups excluding carboxylic acids is 1. The number of carboxylic acid groups (broad SMARTS) is 1. The first-order valence-electron chi connectivity index (χ1n) is 6.18. The van der Waals surface area contributed by atoms with Crippen molar-refractivity contribution in [2.75, 3.05) is 5.75 Å². The summed E-state index contributed by atoms with van der Waals surface area (Å²) in [6.07, 6.45) is 0. The van der Waals surface area contributed by atoms with E-state index >= 15 is 0 Å². The van der Waals surface area contributed by atoms with Gasteiger partial charge in [-0.25, -0.2) is 10.1 Å². The molecule has 2 aromatic rings. The van der Waals surface area contributed by atoms with Crippen LogP contribution >= 0.6 is 11.8 Å². The molecule has 0 heterocycles. The van der Waals surface area contributed by atoms with Crippen molar-refractivity contribution in [3.63, 3.8) is 0 Å². The number of Topliss-reactive ketones (excluding diaryl/α,β-unsaturated/α-hetero) is 1. The van der Waals surface area contributed by atoms with E-state index in [4.69, 9.17) is 10.4 Å². The lowest BCUT2D eigenvalue weighted by Gasteiger charge is -2.06. The van der Waals surface area contributed by atoms with Crippen molar-refractivity contribution >= 4 is 23.5 Å². The van der Waals surface area contributed by atoms with Crippen molar-refractivity contribution in [1.29, 1.82) is 0 Å². The zero-order chi connectivity index (χ0) is 15.9. The zero-order valence-corrected chi connectivity index (χ0v) is 12.1. The summed E-state index contributed by atoms with van der Waals surface area (Å²) in [4.78, 5) is 28.0. The Hall–Kier alpha value is -2.35. The average Bonchev–Trinajstić information content (AvgIpc) is 2.54. The van der Waals surface area contributed by atoms with Gasteiger partial charge in [0.1, 0.15) is 0 Å². The summed E-state index contributed by atoms with van der Waals surface area (Å²) in [5, 5.41) is 20.8. The summed E-state index contributed by atoms with van der Waals surface area (Å²) < 4.78 is 0. The molecule has 22 heavy (non-hydrogen) atoms. The lowest BCUT2D eigenvalue weighted by atomic mass is 10.1. The molecule has 6 nitrogen and oxygen atoms in total. The van der Waals surface area contributed by atoms with Gasteiger partial charge in [0.2, 0.25) is 0 Å². The Morgan fingerprint density at radius 3 is 2.27 bits per heavy atom. The highest BCUT2D eigenvalue weighted by Gasteiger charge is 2.11. The zero-order valence-electron chi connectivity index (χ0n) is 11.3. The van der Waals surface area contributed by atoms with Crippen LogP contribution < -0.4 is 4.89 Å². The molecule has 0 saturated carbocycles. The summed E-state index contributed by atoms with van der Waals surface area (Å²) >= 11 is 1.22. The second-order valence-corrected chi connectivity index (χ2v) is 5.22. The fraction of sp³-hybridized carbons (Fsp3) is 0.0667. The first-order valence-corrected chi connectivity index (χ1v) is 7.17. The van der Waals surface area contributed by atoms with Crippen LogP contribution in [0.5, 0.6) is 5.75 Å². The second-order valence-electron chi connectivity index (χ2n) is 4.20. The summed E-state index contributed by atoms with van der Waals surface area (Å²) in [7, 11) is 0. The molecule has 0 radical (unpaired) electrons. The van der Waals surface area contributed by atoms with Crippen LogP contribution in [0.25, 0.3) is 0 Å². The van der Waals surface area contributed by atoms with Gasteiger partial charge in [-0.15, -0.1) is 11.8 Å². The Labute approximate surface area is 130 Å². The van der Waals surface area contributed by atoms with E-state index in [2.05, 4.69) is 9.93 Å². The minimum Gasteiger partial charge on any atom is -0.478 e. The third kappa shape index (κ3) is 4.08. The molecule has 0 saturated heterocycles. The molecule has 0 aromatic heterocycles.